The Balaban J connectivity index is 1.13. The quantitative estimate of drug-likeness (QED) is 0.318. The summed E-state index contributed by atoms with van der Waals surface area (Å²) in [5, 5.41) is 3.96. The Labute approximate surface area is 207 Å². The van der Waals surface area contributed by atoms with Crippen molar-refractivity contribution in [3.63, 3.8) is 0 Å². The van der Waals surface area contributed by atoms with Crippen LogP contribution in [-0.4, -0.2) is 29.0 Å². The third-order valence-corrected chi connectivity index (χ3v) is 6.73. The predicted octanol–water partition coefficient (Wildman–Crippen LogP) is 6.35. The van der Waals surface area contributed by atoms with Crippen molar-refractivity contribution >= 4 is 39.5 Å². The second-order valence-electron chi connectivity index (χ2n) is 9.28. The van der Waals surface area contributed by atoms with Crippen molar-refractivity contribution in [2.75, 3.05) is 23.3 Å². The molecule has 0 radical (unpaired) electrons. The number of anilines is 2. The summed E-state index contributed by atoms with van der Waals surface area (Å²) in [5.74, 6) is 1.40. The number of nitrogens with one attached hydrogen (secondary N) is 1. The van der Waals surface area contributed by atoms with Crippen molar-refractivity contribution in [2.24, 2.45) is 5.92 Å². The van der Waals surface area contributed by atoms with Gasteiger partial charge in [-0.2, -0.15) is 0 Å². The fourth-order valence-corrected chi connectivity index (χ4v) is 4.99. The van der Waals surface area contributed by atoms with E-state index in [1.807, 2.05) is 55.5 Å². The van der Waals surface area contributed by atoms with Crippen LogP contribution in [0.5, 0.6) is 0 Å². The van der Waals surface area contributed by atoms with E-state index < -0.39 is 0 Å². The molecule has 1 fully saturated rings. The first-order valence-electron chi connectivity index (χ1n) is 12.1. The first-order valence-corrected chi connectivity index (χ1v) is 12.1. The monoisotopic (exact) mass is 480 g/mol. The Morgan fingerprint density at radius 1 is 1.06 bits per heavy atom. The van der Waals surface area contributed by atoms with Crippen LogP contribution < -0.4 is 10.2 Å². The molecule has 5 aromatic rings. The molecule has 1 aliphatic rings. The first-order chi connectivity index (χ1) is 17.5. The zero-order chi connectivity index (χ0) is 24.6. The van der Waals surface area contributed by atoms with Gasteiger partial charge < -0.3 is 14.6 Å². The number of halogens is 1. The minimum Gasteiger partial charge on any atom is -0.450 e. The second-order valence-corrected chi connectivity index (χ2v) is 9.28. The van der Waals surface area contributed by atoms with Crippen LogP contribution in [0.25, 0.3) is 33.2 Å². The number of rotatable bonds is 5. The molecule has 6 rings (SSSR count). The lowest BCUT2D eigenvalue weighted by Gasteiger charge is -2.18. The van der Waals surface area contributed by atoms with Gasteiger partial charge in [-0.3, -0.25) is 4.79 Å². The Morgan fingerprint density at radius 2 is 1.83 bits per heavy atom. The average molecular weight is 481 g/mol. The molecule has 1 atom stereocenters. The van der Waals surface area contributed by atoms with Gasteiger partial charge >= 0.3 is 0 Å². The van der Waals surface area contributed by atoms with Gasteiger partial charge in [0.1, 0.15) is 22.7 Å². The normalized spacial score (nSPS) is 15.6. The van der Waals surface area contributed by atoms with E-state index in [1.54, 1.807) is 18.2 Å². The molecule has 1 N–H and O–H groups in total. The van der Waals surface area contributed by atoms with Crippen LogP contribution in [0.1, 0.15) is 18.7 Å². The minimum atomic E-state index is -0.265. The highest BCUT2D eigenvalue weighted by Crippen LogP contribution is 2.35. The fourth-order valence-electron chi connectivity index (χ4n) is 4.99. The number of benzene rings is 3. The first kappa shape index (κ1) is 22.2. The van der Waals surface area contributed by atoms with E-state index in [1.165, 1.54) is 6.07 Å². The molecule has 0 aliphatic carbocycles. The van der Waals surface area contributed by atoms with E-state index >= 15 is 0 Å². The number of furan rings is 1. The fraction of sp³-hybridized carbons (Fsp3) is 0.207. The molecular formula is C29H25FN4O2. The van der Waals surface area contributed by atoms with Crippen LogP contribution in [0.2, 0.25) is 0 Å². The Hall–Kier alpha value is -4.26. The summed E-state index contributed by atoms with van der Waals surface area (Å²) in [4.78, 5) is 24.3. The van der Waals surface area contributed by atoms with E-state index in [-0.39, 0.29) is 17.6 Å². The van der Waals surface area contributed by atoms with Crippen molar-refractivity contribution in [3.8, 4) is 11.1 Å². The number of aryl methyl sites for hydroxylation is 1. The van der Waals surface area contributed by atoms with E-state index in [4.69, 9.17) is 9.40 Å². The van der Waals surface area contributed by atoms with Gasteiger partial charge in [0.05, 0.1) is 0 Å². The van der Waals surface area contributed by atoms with E-state index in [9.17, 15) is 9.18 Å². The van der Waals surface area contributed by atoms with Gasteiger partial charge in [-0.25, -0.2) is 14.4 Å². The summed E-state index contributed by atoms with van der Waals surface area (Å²) in [7, 11) is 0. The van der Waals surface area contributed by atoms with Crippen LogP contribution in [0.4, 0.5) is 15.9 Å². The SMILES string of the molecule is Cc1nc(N2CC[C@H](CC(=O)Nc3ccc(-c4ccccc4F)cc3)C2)c2oc3ccccc3c2n1. The summed E-state index contributed by atoms with van der Waals surface area (Å²) in [6.45, 7) is 3.42. The summed E-state index contributed by atoms with van der Waals surface area (Å²) < 4.78 is 20.2. The maximum Gasteiger partial charge on any atom is 0.224 e. The van der Waals surface area contributed by atoms with Crippen LogP contribution in [-0.2, 0) is 4.79 Å². The molecule has 0 spiro atoms. The molecule has 180 valence electrons. The molecule has 1 amide bonds. The van der Waals surface area contributed by atoms with Gasteiger partial charge in [0.25, 0.3) is 0 Å². The summed E-state index contributed by atoms with van der Waals surface area (Å²) in [5.41, 5.74) is 4.33. The summed E-state index contributed by atoms with van der Waals surface area (Å²) in [6, 6.07) is 21.8. The van der Waals surface area contributed by atoms with Gasteiger partial charge in [0, 0.05) is 36.1 Å². The van der Waals surface area contributed by atoms with Crippen LogP contribution in [0.15, 0.2) is 77.2 Å². The van der Waals surface area contributed by atoms with Gasteiger partial charge in [-0.15, -0.1) is 0 Å². The van der Waals surface area contributed by atoms with Crippen molar-refractivity contribution < 1.29 is 13.6 Å². The number of hydrogen-bond donors (Lipinski definition) is 1. The third kappa shape index (κ3) is 4.17. The molecule has 2 aromatic heterocycles. The predicted molar refractivity (Wildman–Crippen MR) is 139 cm³/mol. The van der Waals surface area contributed by atoms with Gasteiger partial charge in [-0.05, 0) is 55.2 Å². The van der Waals surface area contributed by atoms with Crippen LogP contribution in [0, 0.1) is 18.7 Å². The van der Waals surface area contributed by atoms with E-state index in [0.717, 1.165) is 47.4 Å². The van der Waals surface area contributed by atoms with E-state index in [2.05, 4.69) is 15.2 Å². The molecule has 1 saturated heterocycles. The van der Waals surface area contributed by atoms with Crippen molar-refractivity contribution in [1.82, 2.24) is 9.97 Å². The standard InChI is InChI=1S/C29H25FN4O2/c1-18-31-27-23-7-3-5-9-25(23)36-28(27)29(32-18)34-15-14-19(17-34)16-26(35)33-21-12-10-20(11-13-21)22-6-2-4-8-24(22)30/h2-13,19H,14-17H2,1H3,(H,33,35)/t19-/m1/s1. The molecule has 7 heteroatoms. The summed E-state index contributed by atoms with van der Waals surface area (Å²) >= 11 is 0. The number of fused-ring (bicyclic) bond motifs is 3. The average Bonchev–Trinajstić information content (AvgIpc) is 3.49. The lowest BCUT2D eigenvalue weighted by atomic mass is 10.0. The zero-order valence-electron chi connectivity index (χ0n) is 19.9. The molecular weight excluding hydrogens is 455 g/mol. The number of aromatic nitrogens is 2. The number of carbonyl (C=O) groups is 1. The molecule has 0 bridgehead atoms. The second kappa shape index (κ2) is 9.07. The van der Waals surface area contributed by atoms with Gasteiger partial charge in [-0.1, -0.05) is 42.5 Å². The Bertz CT molecular complexity index is 1580. The van der Waals surface area contributed by atoms with Crippen molar-refractivity contribution in [2.45, 2.75) is 19.8 Å². The number of para-hydroxylation sites is 1. The number of carbonyl (C=O) groups excluding carboxylic acids is 1. The highest BCUT2D eigenvalue weighted by molar-refractivity contribution is 6.05. The molecule has 36 heavy (non-hydrogen) atoms. The van der Waals surface area contributed by atoms with Crippen molar-refractivity contribution in [3.05, 3.63) is 84.4 Å². The topological polar surface area (TPSA) is 71.3 Å². The van der Waals surface area contributed by atoms with Crippen LogP contribution in [0.3, 0.4) is 0 Å². The smallest absolute Gasteiger partial charge is 0.224 e. The van der Waals surface area contributed by atoms with Crippen LogP contribution >= 0.6 is 0 Å². The maximum atomic E-state index is 14.0. The highest BCUT2D eigenvalue weighted by atomic mass is 19.1. The highest BCUT2D eigenvalue weighted by Gasteiger charge is 2.28. The Morgan fingerprint density at radius 3 is 2.67 bits per heavy atom. The van der Waals surface area contributed by atoms with Gasteiger partial charge in [0.2, 0.25) is 5.91 Å². The molecule has 3 aromatic carbocycles. The number of nitrogens with zero attached hydrogens (tertiary/aromatic N) is 3. The number of hydrogen-bond acceptors (Lipinski definition) is 5. The molecule has 0 saturated carbocycles. The zero-order valence-corrected chi connectivity index (χ0v) is 19.9. The maximum absolute atomic E-state index is 14.0. The minimum absolute atomic E-state index is 0.0340. The molecule has 3 heterocycles. The third-order valence-electron chi connectivity index (χ3n) is 6.73. The van der Waals surface area contributed by atoms with E-state index in [0.29, 0.717) is 29.1 Å². The largest absolute Gasteiger partial charge is 0.450 e. The Kier molecular flexibility index (Phi) is 5.60. The molecule has 6 nitrogen and oxygen atoms in total. The number of amides is 1. The summed E-state index contributed by atoms with van der Waals surface area (Å²) in [6.07, 6.45) is 1.31. The van der Waals surface area contributed by atoms with Gasteiger partial charge in [0.15, 0.2) is 11.4 Å². The molecule has 1 aliphatic heterocycles. The lowest BCUT2D eigenvalue weighted by Crippen LogP contribution is -2.23. The molecule has 0 unspecified atom stereocenters. The van der Waals surface area contributed by atoms with Crippen molar-refractivity contribution in [1.29, 1.82) is 0 Å². The lowest BCUT2D eigenvalue weighted by molar-refractivity contribution is -0.116.